The molecule has 0 amide bonds. The van der Waals surface area contributed by atoms with Gasteiger partial charge in [0.1, 0.15) is 0 Å². The Morgan fingerprint density at radius 2 is 1.10 bits per heavy atom. The second-order valence-corrected chi connectivity index (χ2v) is 11.4. The van der Waals surface area contributed by atoms with Crippen molar-refractivity contribution in [2.45, 2.75) is 19.3 Å². The number of hydrogen-bond donors (Lipinski definition) is 0. The maximum absolute atomic E-state index is 2.48. The van der Waals surface area contributed by atoms with Crippen molar-refractivity contribution in [3.05, 3.63) is 151 Å². The van der Waals surface area contributed by atoms with E-state index >= 15 is 0 Å². The molecular formula is C39H29N. The Hall–Kier alpha value is -4.88. The zero-order valence-corrected chi connectivity index (χ0v) is 22.7. The molecule has 8 rings (SSSR count). The van der Waals surface area contributed by atoms with Crippen LogP contribution in [0.5, 0.6) is 0 Å². The van der Waals surface area contributed by atoms with Gasteiger partial charge in [-0.15, -0.1) is 0 Å². The lowest BCUT2D eigenvalue weighted by Crippen LogP contribution is -2.16. The van der Waals surface area contributed by atoms with Crippen molar-refractivity contribution in [3.63, 3.8) is 0 Å². The van der Waals surface area contributed by atoms with Crippen LogP contribution in [0.25, 0.3) is 43.4 Å². The number of anilines is 3. The third-order valence-electron chi connectivity index (χ3n) is 8.83. The minimum Gasteiger partial charge on any atom is -0.309 e. The van der Waals surface area contributed by atoms with Gasteiger partial charge >= 0.3 is 0 Å². The number of benzene rings is 7. The van der Waals surface area contributed by atoms with Crippen molar-refractivity contribution in [2.24, 2.45) is 0 Å². The molecule has 0 saturated heterocycles. The van der Waals surface area contributed by atoms with Crippen molar-refractivity contribution in [3.8, 4) is 11.1 Å². The van der Waals surface area contributed by atoms with Crippen LogP contribution >= 0.6 is 0 Å². The second-order valence-electron chi connectivity index (χ2n) is 11.4. The molecule has 0 N–H and O–H groups in total. The van der Waals surface area contributed by atoms with E-state index in [-0.39, 0.29) is 5.41 Å². The number of rotatable bonds is 3. The zero-order chi connectivity index (χ0) is 26.8. The number of nitrogens with zero attached hydrogens (tertiary/aromatic N) is 1. The van der Waals surface area contributed by atoms with Gasteiger partial charge in [-0.05, 0) is 67.9 Å². The van der Waals surface area contributed by atoms with Crippen LogP contribution in [0.3, 0.4) is 0 Å². The summed E-state index contributed by atoms with van der Waals surface area (Å²) >= 11 is 0. The monoisotopic (exact) mass is 511 g/mol. The van der Waals surface area contributed by atoms with Crippen LogP contribution in [-0.2, 0) is 5.41 Å². The molecule has 0 unspecified atom stereocenters. The van der Waals surface area contributed by atoms with Gasteiger partial charge in [0.15, 0.2) is 0 Å². The molecule has 190 valence electrons. The highest BCUT2D eigenvalue weighted by Gasteiger charge is 2.37. The molecule has 0 fully saturated rings. The molecule has 0 radical (unpaired) electrons. The van der Waals surface area contributed by atoms with Crippen molar-refractivity contribution < 1.29 is 0 Å². The summed E-state index contributed by atoms with van der Waals surface area (Å²) in [6.45, 7) is 4.70. The first-order chi connectivity index (χ1) is 19.6. The smallest absolute Gasteiger partial charge is 0.0546 e. The van der Waals surface area contributed by atoms with E-state index in [0.29, 0.717) is 0 Å². The first kappa shape index (κ1) is 23.0. The van der Waals surface area contributed by atoms with Gasteiger partial charge in [0, 0.05) is 22.1 Å². The Morgan fingerprint density at radius 3 is 2.00 bits per heavy atom. The third-order valence-corrected chi connectivity index (χ3v) is 8.83. The average Bonchev–Trinajstić information content (AvgIpc) is 3.24. The van der Waals surface area contributed by atoms with Crippen molar-refractivity contribution in [2.75, 3.05) is 4.90 Å². The number of fused-ring (bicyclic) bond motifs is 8. The van der Waals surface area contributed by atoms with E-state index in [0.717, 1.165) is 5.69 Å². The SMILES string of the molecule is CC1(C)c2ccccc2-c2c(N(c3ccccc3)c3cccc4ccc5c6ccccc6ccc5c34)cccc21. The molecule has 1 nitrogen and oxygen atoms in total. The van der Waals surface area contributed by atoms with Crippen LogP contribution in [0.15, 0.2) is 140 Å². The van der Waals surface area contributed by atoms with E-state index in [2.05, 4.69) is 158 Å². The molecule has 1 aliphatic carbocycles. The van der Waals surface area contributed by atoms with E-state index in [1.54, 1.807) is 0 Å². The topological polar surface area (TPSA) is 3.24 Å². The Kier molecular flexibility index (Phi) is 4.93. The molecule has 0 saturated carbocycles. The molecular weight excluding hydrogens is 482 g/mol. The average molecular weight is 512 g/mol. The Bertz CT molecular complexity index is 2080. The van der Waals surface area contributed by atoms with Gasteiger partial charge in [-0.2, -0.15) is 0 Å². The summed E-state index contributed by atoms with van der Waals surface area (Å²) in [6.07, 6.45) is 0. The van der Waals surface area contributed by atoms with Gasteiger partial charge in [-0.25, -0.2) is 0 Å². The van der Waals surface area contributed by atoms with E-state index in [9.17, 15) is 0 Å². The first-order valence-corrected chi connectivity index (χ1v) is 14.0. The molecule has 0 spiro atoms. The maximum atomic E-state index is 2.48. The minimum atomic E-state index is -0.0609. The highest BCUT2D eigenvalue weighted by atomic mass is 15.1. The van der Waals surface area contributed by atoms with E-state index in [4.69, 9.17) is 0 Å². The predicted octanol–water partition coefficient (Wildman–Crippen LogP) is 10.9. The quantitative estimate of drug-likeness (QED) is 0.213. The van der Waals surface area contributed by atoms with Gasteiger partial charge in [0.25, 0.3) is 0 Å². The molecule has 7 aromatic carbocycles. The predicted molar refractivity (Wildman–Crippen MR) is 171 cm³/mol. The van der Waals surface area contributed by atoms with Crippen molar-refractivity contribution >= 4 is 49.4 Å². The zero-order valence-electron chi connectivity index (χ0n) is 22.7. The second kappa shape index (κ2) is 8.56. The van der Waals surface area contributed by atoms with Crippen LogP contribution in [-0.4, -0.2) is 0 Å². The van der Waals surface area contributed by atoms with Crippen LogP contribution < -0.4 is 4.90 Å². The van der Waals surface area contributed by atoms with Gasteiger partial charge < -0.3 is 4.90 Å². The highest BCUT2D eigenvalue weighted by molar-refractivity contribution is 6.21. The van der Waals surface area contributed by atoms with Crippen LogP contribution in [0.1, 0.15) is 25.0 Å². The van der Waals surface area contributed by atoms with Gasteiger partial charge in [-0.1, -0.05) is 129 Å². The van der Waals surface area contributed by atoms with Gasteiger partial charge in [0.05, 0.1) is 11.4 Å². The lowest BCUT2D eigenvalue weighted by Gasteiger charge is -2.30. The molecule has 1 heteroatoms. The van der Waals surface area contributed by atoms with Crippen LogP contribution in [0.2, 0.25) is 0 Å². The molecule has 0 aromatic heterocycles. The minimum absolute atomic E-state index is 0.0609. The molecule has 0 atom stereocenters. The summed E-state index contributed by atoms with van der Waals surface area (Å²) in [6, 6.07) is 51.2. The standard InChI is InChI=1S/C39H29N/c1-39(2)33-18-9-8-17-32(33)38-34(39)19-11-21-36(38)40(28-14-4-3-5-15-28)35-20-10-13-27-23-24-30-29-16-7-6-12-26(29)22-25-31(30)37(27)35/h3-25H,1-2H3. The summed E-state index contributed by atoms with van der Waals surface area (Å²) in [4.78, 5) is 2.48. The molecule has 40 heavy (non-hydrogen) atoms. The lowest BCUT2D eigenvalue weighted by molar-refractivity contribution is 0.660. The third kappa shape index (κ3) is 3.21. The molecule has 0 aliphatic heterocycles. The number of para-hydroxylation sites is 1. The van der Waals surface area contributed by atoms with Crippen LogP contribution in [0, 0.1) is 0 Å². The summed E-state index contributed by atoms with van der Waals surface area (Å²) in [5.41, 5.74) is 8.93. The van der Waals surface area contributed by atoms with E-state index in [1.807, 2.05) is 0 Å². The summed E-state index contributed by atoms with van der Waals surface area (Å²) < 4.78 is 0. The normalized spacial score (nSPS) is 13.4. The fraction of sp³-hybridized carbons (Fsp3) is 0.0769. The van der Waals surface area contributed by atoms with E-state index < -0.39 is 0 Å². The summed E-state index contributed by atoms with van der Waals surface area (Å²) in [5.74, 6) is 0. The van der Waals surface area contributed by atoms with Gasteiger partial charge in [0.2, 0.25) is 0 Å². The molecule has 0 heterocycles. The van der Waals surface area contributed by atoms with Gasteiger partial charge in [-0.3, -0.25) is 0 Å². The van der Waals surface area contributed by atoms with E-state index in [1.165, 1.54) is 65.9 Å². The molecule has 1 aliphatic rings. The first-order valence-electron chi connectivity index (χ1n) is 14.0. The van der Waals surface area contributed by atoms with Crippen LogP contribution in [0.4, 0.5) is 17.1 Å². The molecule has 0 bridgehead atoms. The number of hydrogen-bond acceptors (Lipinski definition) is 1. The highest BCUT2D eigenvalue weighted by Crippen LogP contribution is 2.54. The fourth-order valence-electron chi connectivity index (χ4n) is 6.95. The largest absolute Gasteiger partial charge is 0.309 e. The Balaban J connectivity index is 1.50. The molecule has 7 aromatic rings. The Labute approximate surface area is 234 Å². The fourth-order valence-corrected chi connectivity index (χ4v) is 6.95. The van der Waals surface area contributed by atoms with Crippen molar-refractivity contribution in [1.82, 2.24) is 0 Å². The maximum Gasteiger partial charge on any atom is 0.0546 e. The van der Waals surface area contributed by atoms with Crippen molar-refractivity contribution in [1.29, 1.82) is 0 Å². The Morgan fingerprint density at radius 1 is 0.450 bits per heavy atom. The lowest BCUT2D eigenvalue weighted by atomic mass is 9.82. The summed E-state index contributed by atoms with van der Waals surface area (Å²) in [5, 5.41) is 7.65. The summed E-state index contributed by atoms with van der Waals surface area (Å²) in [7, 11) is 0.